The van der Waals surface area contributed by atoms with Crippen molar-refractivity contribution in [1.29, 1.82) is 0 Å². The molecule has 0 aliphatic rings. The lowest BCUT2D eigenvalue weighted by atomic mass is 10.1. The summed E-state index contributed by atoms with van der Waals surface area (Å²) in [6.07, 6.45) is -0.706. The highest BCUT2D eigenvalue weighted by Crippen LogP contribution is 2.26. The second-order valence-corrected chi connectivity index (χ2v) is 6.40. The number of aliphatic hydroxyl groups is 2. The van der Waals surface area contributed by atoms with Crippen LogP contribution in [0.2, 0.25) is 0 Å². The molecule has 25 heavy (non-hydrogen) atoms. The lowest BCUT2D eigenvalue weighted by Gasteiger charge is -2.18. The molecule has 5 nitrogen and oxygen atoms in total. The fourth-order valence-corrected chi connectivity index (χ4v) is 3.04. The van der Waals surface area contributed by atoms with Gasteiger partial charge in [-0.2, -0.15) is 0 Å². The Hall–Kier alpha value is -2.37. The van der Waals surface area contributed by atoms with Gasteiger partial charge in [-0.1, -0.05) is 24.3 Å². The quantitative estimate of drug-likeness (QED) is 0.724. The number of rotatable bonds is 6. The molecule has 1 aromatic heterocycles. The van der Waals surface area contributed by atoms with Gasteiger partial charge in [0.2, 0.25) is 0 Å². The van der Waals surface area contributed by atoms with Crippen molar-refractivity contribution in [3.8, 4) is 5.75 Å². The third-order valence-electron chi connectivity index (χ3n) is 4.56. The summed E-state index contributed by atoms with van der Waals surface area (Å²) in [5.74, 6) is 1.38. The summed E-state index contributed by atoms with van der Waals surface area (Å²) in [5, 5.41) is 20.0. The number of benzene rings is 2. The summed E-state index contributed by atoms with van der Waals surface area (Å²) in [4.78, 5) is 4.40. The normalized spacial score (nSPS) is 12.5. The maximum absolute atomic E-state index is 10.5. The van der Waals surface area contributed by atoms with Crippen molar-refractivity contribution in [3.05, 3.63) is 58.9 Å². The van der Waals surface area contributed by atoms with Gasteiger partial charge in [0.15, 0.2) is 0 Å². The van der Waals surface area contributed by atoms with Crippen molar-refractivity contribution in [1.82, 2.24) is 9.55 Å². The summed E-state index contributed by atoms with van der Waals surface area (Å²) in [7, 11) is 0. The SMILES string of the molecule is Cc1ccc(C)c(OCC(O)Cn2c(CO)nc3ccccc32)c1C. The van der Waals surface area contributed by atoms with E-state index in [1.165, 1.54) is 5.56 Å². The molecule has 0 radical (unpaired) electrons. The third kappa shape index (κ3) is 3.52. The van der Waals surface area contributed by atoms with Crippen LogP contribution in [0.15, 0.2) is 36.4 Å². The van der Waals surface area contributed by atoms with Crippen LogP contribution < -0.4 is 4.74 Å². The largest absolute Gasteiger partial charge is 0.490 e. The molecular formula is C20H24N2O3. The summed E-state index contributed by atoms with van der Waals surface area (Å²) >= 11 is 0. The van der Waals surface area contributed by atoms with E-state index in [0.717, 1.165) is 27.9 Å². The molecular weight excluding hydrogens is 316 g/mol. The zero-order valence-electron chi connectivity index (χ0n) is 14.9. The van der Waals surface area contributed by atoms with Crippen molar-refractivity contribution < 1.29 is 14.9 Å². The third-order valence-corrected chi connectivity index (χ3v) is 4.56. The van der Waals surface area contributed by atoms with Gasteiger partial charge in [0.05, 0.1) is 17.6 Å². The van der Waals surface area contributed by atoms with Gasteiger partial charge in [0, 0.05) is 0 Å². The number of nitrogens with zero attached hydrogens (tertiary/aromatic N) is 2. The van der Waals surface area contributed by atoms with Crippen LogP contribution >= 0.6 is 0 Å². The van der Waals surface area contributed by atoms with E-state index in [1.807, 2.05) is 55.7 Å². The highest BCUT2D eigenvalue weighted by molar-refractivity contribution is 5.75. The fourth-order valence-electron chi connectivity index (χ4n) is 3.04. The molecule has 0 saturated carbocycles. The van der Waals surface area contributed by atoms with Crippen LogP contribution in [0, 0.1) is 20.8 Å². The Kier molecular flexibility index (Phi) is 5.06. The van der Waals surface area contributed by atoms with Gasteiger partial charge in [-0.25, -0.2) is 4.98 Å². The van der Waals surface area contributed by atoms with Gasteiger partial charge < -0.3 is 19.5 Å². The van der Waals surface area contributed by atoms with Crippen LogP contribution in [0.4, 0.5) is 0 Å². The van der Waals surface area contributed by atoms with E-state index in [9.17, 15) is 10.2 Å². The van der Waals surface area contributed by atoms with E-state index < -0.39 is 6.10 Å². The second-order valence-electron chi connectivity index (χ2n) is 6.40. The predicted octanol–water partition coefficient (Wildman–Crippen LogP) is 2.89. The minimum atomic E-state index is -0.706. The first kappa shape index (κ1) is 17.5. The number of imidazole rings is 1. The van der Waals surface area contributed by atoms with Crippen LogP contribution in [-0.4, -0.2) is 32.5 Å². The minimum Gasteiger partial charge on any atom is -0.490 e. The summed E-state index contributed by atoms with van der Waals surface area (Å²) in [6, 6.07) is 11.8. The summed E-state index contributed by atoms with van der Waals surface area (Å²) in [5.41, 5.74) is 5.02. The van der Waals surface area contributed by atoms with Crippen LogP contribution in [0.3, 0.4) is 0 Å². The molecule has 0 spiro atoms. The average Bonchev–Trinajstić information content (AvgIpc) is 2.96. The number of hydrogen-bond donors (Lipinski definition) is 2. The maximum atomic E-state index is 10.5. The molecule has 1 unspecified atom stereocenters. The van der Waals surface area contributed by atoms with Crippen molar-refractivity contribution in [2.75, 3.05) is 6.61 Å². The van der Waals surface area contributed by atoms with Crippen LogP contribution in [-0.2, 0) is 13.2 Å². The number of aromatic nitrogens is 2. The summed E-state index contributed by atoms with van der Waals surface area (Å²) in [6.45, 7) is 6.41. The molecule has 132 valence electrons. The molecule has 0 amide bonds. The van der Waals surface area contributed by atoms with E-state index >= 15 is 0 Å². The van der Waals surface area contributed by atoms with Crippen molar-refractivity contribution in [2.24, 2.45) is 0 Å². The van der Waals surface area contributed by atoms with E-state index in [4.69, 9.17) is 4.74 Å². The molecule has 5 heteroatoms. The lowest BCUT2D eigenvalue weighted by molar-refractivity contribution is 0.0908. The number of fused-ring (bicyclic) bond motifs is 1. The Bertz CT molecular complexity index is 886. The minimum absolute atomic E-state index is 0.168. The maximum Gasteiger partial charge on any atom is 0.135 e. The fraction of sp³-hybridized carbons (Fsp3) is 0.350. The van der Waals surface area contributed by atoms with Gasteiger partial charge in [0.1, 0.15) is 30.9 Å². The van der Waals surface area contributed by atoms with Crippen LogP contribution in [0.1, 0.15) is 22.5 Å². The van der Waals surface area contributed by atoms with Crippen LogP contribution in [0.5, 0.6) is 5.75 Å². The Balaban J connectivity index is 1.76. The smallest absolute Gasteiger partial charge is 0.135 e. The molecule has 0 aliphatic carbocycles. The van der Waals surface area contributed by atoms with Gasteiger partial charge in [0.25, 0.3) is 0 Å². The number of ether oxygens (including phenoxy) is 1. The van der Waals surface area contributed by atoms with Gasteiger partial charge in [-0.3, -0.25) is 0 Å². The van der Waals surface area contributed by atoms with Gasteiger partial charge in [-0.15, -0.1) is 0 Å². The molecule has 1 heterocycles. The molecule has 1 atom stereocenters. The van der Waals surface area contributed by atoms with E-state index in [1.54, 1.807) is 0 Å². The highest BCUT2D eigenvalue weighted by Gasteiger charge is 2.15. The first-order valence-corrected chi connectivity index (χ1v) is 8.44. The topological polar surface area (TPSA) is 67.5 Å². The number of hydrogen-bond acceptors (Lipinski definition) is 4. The predicted molar refractivity (Wildman–Crippen MR) is 97.8 cm³/mol. The van der Waals surface area contributed by atoms with E-state index in [0.29, 0.717) is 12.4 Å². The molecule has 0 aliphatic heterocycles. The Morgan fingerprint density at radius 1 is 1.08 bits per heavy atom. The Morgan fingerprint density at radius 3 is 2.56 bits per heavy atom. The monoisotopic (exact) mass is 340 g/mol. The molecule has 2 N–H and O–H groups in total. The van der Waals surface area contributed by atoms with Crippen LogP contribution in [0.25, 0.3) is 11.0 Å². The standard InChI is InChI=1S/C20H24N2O3/c1-13-8-9-14(2)20(15(13)3)25-12-16(24)10-22-18-7-5-4-6-17(18)21-19(22)11-23/h4-9,16,23-24H,10-12H2,1-3H3. The van der Waals surface area contributed by atoms with Gasteiger partial charge in [-0.05, 0) is 49.6 Å². The highest BCUT2D eigenvalue weighted by atomic mass is 16.5. The Morgan fingerprint density at radius 2 is 1.80 bits per heavy atom. The van der Waals surface area contributed by atoms with Crippen molar-refractivity contribution >= 4 is 11.0 Å². The lowest BCUT2D eigenvalue weighted by Crippen LogP contribution is -2.25. The van der Waals surface area contributed by atoms with Crippen molar-refractivity contribution in [3.63, 3.8) is 0 Å². The first-order chi connectivity index (χ1) is 12.0. The molecule has 0 saturated heterocycles. The van der Waals surface area contributed by atoms with E-state index in [2.05, 4.69) is 11.1 Å². The average molecular weight is 340 g/mol. The second kappa shape index (κ2) is 7.25. The zero-order valence-corrected chi connectivity index (χ0v) is 14.9. The van der Waals surface area contributed by atoms with Gasteiger partial charge >= 0.3 is 0 Å². The number of aryl methyl sites for hydroxylation is 2. The number of aliphatic hydroxyl groups excluding tert-OH is 2. The Labute approximate surface area is 147 Å². The number of para-hydroxylation sites is 2. The van der Waals surface area contributed by atoms with E-state index in [-0.39, 0.29) is 13.2 Å². The molecule has 0 bridgehead atoms. The summed E-state index contributed by atoms with van der Waals surface area (Å²) < 4.78 is 7.74. The zero-order chi connectivity index (χ0) is 18.0. The molecule has 3 aromatic rings. The molecule has 3 rings (SSSR count). The molecule has 0 fully saturated rings. The molecule has 2 aromatic carbocycles. The first-order valence-electron chi connectivity index (χ1n) is 8.44. The van der Waals surface area contributed by atoms with Crippen molar-refractivity contribution in [2.45, 2.75) is 40.0 Å².